The van der Waals surface area contributed by atoms with Gasteiger partial charge in [0.25, 0.3) is 0 Å². The molecule has 0 aromatic carbocycles. The molecule has 0 bridgehead atoms. The van der Waals surface area contributed by atoms with Crippen LogP contribution >= 0.6 is 0 Å². The summed E-state index contributed by atoms with van der Waals surface area (Å²) in [5.74, 6) is 0. The van der Waals surface area contributed by atoms with E-state index in [1.165, 1.54) is 21.9 Å². The molecule has 0 spiro atoms. The lowest BCUT2D eigenvalue weighted by Crippen LogP contribution is -2.35. The van der Waals surface area contributed by atoms with E-state index >= 15 is 0 Å². The molecule has 0 N–H and O–H groups in total. The van der Waals surface area contributed by atoms with E-state index in [0.717, 1.165) is 0 Å². The second kappa shape index (κ2) is 5.13. The highest BCUT2D eigenvalue weighted by Gasteiger charge is 2.21. The molecule has 60 valence electrons. The molecule has 2 heteroatoms. The Kier molecular flexibility index (Phi) is 5.36. The number of rotatable bonds is 5. The van der Waals surface area contributed by atoms with Crippen LogP contribution in [-0.2, 0) is 0 Å². The first-order valence-electron chi connectivity index (χ1n) is 4.37. The Balaban J connectivity index is 3.69. The van der Waals surface area contributed by atoms with Crippen LogP contribution in [0.4, 0.5) is 0 Å². The molecule has 0 saturated heterocycles. The summed E-state index contributed by atoms with van der Waals surface area (Å²) in [6.07, 6.45) is 2.81. The quantitative estimate of drug-likeness (QED) is 0.559. The van der Waals surface area contributed by atoms with Crippen molar-refractivity contribution in [3.8, 4) is 0 Å². The smallest absolute Gasteiger partial charge is 0.0385 e. The fraction of sp³-hybridized carbons (Fsp3) is 1.00. The molecule has 0 saturated carbocycles. The van der Waals surface area contributed by atoms with Gasteiger partial charge in [-0.2, -0.15) is 0 Å². The minimum Gasteiger partial charge on any atom is -0.0754 e. The highest BCUT2D eigenvalue weighted by atomic mass is 29.2. The fourth-order valence-corrected chi connectivity index (χ4v) is 7.44. The van der Waals surface area contributed by atoms with Crippen molar-refractivity contribution in [2.24, 2.45) is 0 Å². The van der Waals surface area contributed by atoms with Gasteiger partial charge in [-0.3, -0.25) is 0 Å². The molecule has 0 fully saturated rings. The van der Waals surface area contributed by atoms with Gasteiger partial charge in [0.2, 0.25) is 0 Å². The van der Waals surface area contributed by atoms with Crippen molar-refractivity contribution < 1.29 is 0 Å². The van der Waals surface area contributed by atoms with Gasteiger partial charge in [-0.05, 0) is 0 Å². The van der Waals surface area contributed by atoms with Crippen molar-refractivity contribution >= 4 is 16.6 Å². The van der Waals surface area contributed by atoms with Crippen LogP contribution in [0.15, 0.2) is 0 Å². The van der Waals surface area contributed by atoms with E-state index in [9.17, 15) is 0 Å². The molecule has 0 aromatic rings. The first-order chi connectivity index (χ1) is 4.68. The molecule has 0 aliphatic carbocycles. The summed E-state index contributed by atoms with van der Waals surface area (Å²) < 4.78 is 0. The zero-order valence-electron chi connectivity index (χ0n) is 7.83. The van der Waals surface area contributed by atoms with Gasteiger partial charge in [0.15, 0.2) is 0 Å². The lowest BCUT2D eigenvalue weighted by Gasteiger charge is -2.23. The molecule has 0 amide bonds. The molecule has 2 radical (unpaired) electrons. The second-order valence-corrected chi connectivity index (χ2v) is 13.1. The molecule has 0 heterocycles. The van der Waals surface area contributed by atoms with Crippen molar-refractivity contribution in [2.45, 2.75) is 51.9 Å². The Bertz CT molecular complexity index is 75.3. The van der Waals surface area contributed by atoms with Crippen LogP contribution in [0, 0.1) is 0 Å². The predicted molar refractivity (Wildman–Crippen MR) is 53.4 cm³/mol. The predicted octanol–water partition coefficient (Wildman–Crippen LogP) is 3.13. The van der Waals surface area contributed by atoms with Crippen molar-refractivity contribution in [2.75, 3.05) is 0 Å². The fourth-order valence-electron chi connectivity index (χ4n) is 1.48. The molecular weight excluding hydrogens is 152 g/mol. The van der Waals surface area contributed by atoms with Crippen molar-refractivity contribution in [1.82, 2.24) is 0 Å². The van der Waals surface area contributed by atoms with Gasteiger partial charge in [-0.1, -0.05) is 51.9 Å². The van der Waals surface area contributed by atoms with Gasteiger partial charge in [0, 0.05) is 16.6 Å². The third-order valence-electron chi connectivity index (χ3n) is 2.21. The molecule has 10 heavy (non-hydrogen) atoms. The van der Waals surface area contributed by atoms with Crippen LogP contribution in [0.1, 0.15) is 26.7 Å². The molecule has 0 aliphatic heterocycles. The van der Waals surface area contributed by atoms with Gasteiger partial charge in [-0.25, -0.2) is 0 Å². The van der Waals surface area contributed by atoms with Crippen molar-refractivity contribution in [1.29, 1.82) is 0 Å². The van der Waals surface area contributed by atoms with Crippen molar-refractivity contribution in [3.05, 3.63) is 0 Å². The molecule has 0 aromatic heterocycles. The van der Waals surface area contributed by atoms with Gasteiger partial charge in [-0.15, -0.1) is 0 Å². The van der Waals surface area contributed by atoms with E-state index in [0.29, 0.717) is 0 Å². The SMILES string of the molecule is CCC[Si](C)(CCC)[Si]C. The summed E-state index contributed by atoms with van der Waals surface area (Å²) in [5.41, 5.74) is 0. The maximum atomic E-state index is 2.57. The lowest BCUT2D eigenvalue weighted by atomic mass is 10.6. The Labute approximate surface area is 69.0 Å². The second-order valence-electron chi connectivity index (χ2n) is 3.31. The Morgan fingerprint density at radius 2 is 1.50 bits per heavy atom. The molecular formula is C8H20Si2. The van der Waals surface area contributed by atoms with E-state index in [1.807, 2.05) is 0 Å². The van der Waals surface area contributed by atoms with Crippen LogP contribution in [0.2, 0.25) is 25.2 Å². The first-order valence-corrected chi connectivity index (χ1v) is 9.79. The largest absolute Gasteiger partial charge is 0.0754 e. The zero-order valence-corrected chi connectivity index (χ0v) is 9.83. The topological polar surface area (TPSA) is 0 Å². The van der Waals surface area contributed by atoms with E-state index in [-0.39, 0.29) is 0 Å². The van der Waals surface area contributed by atoms with Crippen LogP contribution in [0.25, 0.3) is 0 Å². The summed E-state index contributed by atoms with van der Waals surface area (Å²) in [6.45, 7) is 9.61. The average Bonchev–Trinajstić information content (AvgIpc) is 1.89. The zero-order chi connectivity index (χ0) is 8.04. The lowest BCUT2D eigenvalue weighted by molar-refractivity contribution is 0.998. The summed E-state index contributed by atoms with van der Waals surface area (Å²) in [7, 11) is 0.559. The molecule has 0 unspecified atom stereocenters. The van der Waals surface area contributed by atoms with Gasteiger partial charge >= 0.3 is 0 Å². The van der Waals surface area contributed by atoms with Crippen LogP contribution in [-0.4, -0.2) is 16.6 Å². The first kappa shape index (κ1) is 10.4. The van der Waals surface area contributed by atoms with Crippen LogP contribution < -0.4 is 0 Å². The standard InChI is InChI=1S/C8H20Si2/c1-5-7-10(4,9-3)8-6-2/h5-8H2,1-4H3. The van der Waals surface area contributed by atoms with Gasteiger partial charge < -0.3 is 0 Å². The Morgan fingerprint density at radius 1 is 1.10 bits per heavy atom. The third kappa shape index (κ3) is 3.57. The maximum absolute atomic E-state index is 2.57. The minimum absolute atomic E-state index is 0.696. The highest BCUT2D eigenvalue weighted by molar-refractivity contribution is 7.23. The van der Waals surface area contributed by atoms with E-state index in [2.05, 4.69) is 26.9 Å². The van der Waals surface area contributed by atoms with Crippen LogP contribution in [0.5, 0.6) is 0 Å². The molecule has 0 aliphatic rings. The summed E-state index contributed by atoms with van der Waals surface area (Å²) in [5, 5.41) is 0. The number of hydrogen-bond donors (Lipinski definition) is 0. The van der Waals surface area contributed by atoms with E-state index in [1.54, 1.807) is 12.1 Å². The van der Waals surface area contributed by atoms with E-state index < -0.39 is 7.59 Å². The van der Waals surface area contributed by atoms with E-state index in [4.69, 9.17) is 0 Å². The summed E-state index contributed by atoms with van der Waals surface area (Å²) in [6, 6.07) is 3.10. The minimum atomic E-state index is -0.696. The Morgan fingerprint density at radius 3 is 1.70 bits per heavy atom. The molecule has 0 nitrogen and oxygen atoms in total. The number of hydrogen-bond acceptors (Lipinski definition) is 0. The van der Waals surface area contributed by atoms with Gasteiger partial charge in [0.1, 0.15) is 0 Å². The third-order valence-corrected chi connectivity index (χ3v) is 11.7. The monoisotopic (exact) mass is 172 g/mol. The Hall–Kier alpha value is 0.434. The van der Waals surface area contributed by atoms with Gasteiger partial charge in [0.05, 0.1) is 0 Å². The average molecular weight is 172 g/mol. The molecule has 0 rings (SSSR count). The molecule has 0 atom stereocenters. The van der Waals surface area contributed by atoms with Crippen LogP contribution in [0.3, 0.4) is 0 Å². The summed E-state index contributed by atoms with van der Waals surface area (Å²) in [4.78, 5) is 0. The highest BCUT2D eigenvalue weighted by Crippen LogP contribution is 2.17. The normalized spacial score (nSPS) is 12.0. The summed E-state index contributed by atoms with van der Waals surface area (Å²) >= 11 is 0. The maximum Gasteiger partial charge on any atom is 0.0385 e. The van der Waals surface area contributed by atoms with Crippen molar-refractivity contribution in [3.63, 3.8) is 0 Å².